The Labute approximate surface area is 144 Å². The molecular formula is C20H29NO3. The van der Waals surface area contributed by atoms with Gasteiger partial charge in [-0.3, -0.25) is 9.59 Å². The summed E-state index contributed by atoms with van der Waals surface area (Å²) in [5.74, 6) is -0.0823. The van der Waals surface area contributed by atoms with Crippen LogP contribution in [-0.4, -0.2) is 28.9 Å². The smallest absolute Gasteiger partial charge is 0.252 e. The van der Waals surface area contributed by atoms with E-state index in [1.165, 1.54) is 0 Å². The molecule has 2 N–H and O–H groups in total. The van der Waals surface area contributed by atoms with Gasteiger partial charge in [-0.1, -0.05) is 51.0 Å². The first-order valence-corrected chi connectivity index (χ1v) is 8.84. The summed E-state index contributed by atoms with van der Waals surface area (Å²) in [6.07, 6.45) is 2.33. The number of amides is 1. The molecule has 0 aliphatic heterocycles. The van der Waals surface area contributed by atoms with Crippen LogP contribution in [0.2, 0.25) is 0 Å². The second-order valence-corrected chi connectivity index (χ2v) is 7.64. The molecule has 132 valence electrons. The van der Waals surface area contributed by atoms with Crippen LogP contribution in [-0.2, 0) is 4.79 Å². The van der Waals surface area contributed by atoms with E-state index in [4.69, 9.17) is 0 Å². The predicted octanol–water partition coefficient (Wildman–Crippen LogP) is 3.12. The number of carbonyl (C=O) groups is 2. The van der Waals surface area contributed by atoms with Gasteiger partial charge in [-0.05, 0) is 43.6 Å². The number of carbonyl (C=O) groups excluding carboxylic acids is 2. The largest absolute Gasteiger partial charge is 0.380 e. The van der Waals surface area contributed by atoms with Crippen LogP contribution in [0.1, 0.15) is 56.0 Å². The van der Waals surface area contributed by atoms with Gasteiger partial charge < -0.3 is 10.4 Å². The summed E-state index contributed by atoms with van der Waals surface area (Å²) in [6, 6.07) is 7.31. The molecule has 4 nitrogen and oxygen atoms in total. The zero-order valence-corrected chi connectivity index (χ0v) is 15.1. The van der Waals surface area contributed by atoms with Crippen LogP contribution in [0.25, 0.3) is 0 Å². The number of nitrogens with one attached hydrogen (secondary N) is 1. The number of aliphatic hydroxyl groups is 1. The molecule has 2 rings (SSSR count). The SMILES string of the molecule is Cc1cccc(C(=O)CNC(=O)[C@@]2(O)CC(C)CCC2C(C)C)c1. The predicted molar refractivity (Wildman–Crippen MR) is 94.8 cm³/mol. The third kappa shape index (κ3) is 4.04. The van der Waals surface area contributed by atoms with Gasteiger partial charge in [-0.25, -0.2) is 0 Å². The van der Waals surface area contributed by atoms with E-state index in [0.29, 0.717) is 17.9 Å². The van der Waals surface area contributed by atoms with E-state index in [1.807, 2.05) is 39.0 Å². The minimum atomic E-state index is -1.38. The fourth-order valence-corrected chi connectivity index (χ4v) is 3.87. The summed E-state index contributed by atoms with van der Waals surface area (Å²) >= 11 is 0. The number of aryl methyl sites for hydroxylation is 1. The number of Topliss-reactive ketones (excluding diaryl/α,β-unsaturated/α-hetero) is 1. The summed E-state index contributed by atoms with van der Waals surface area (Å²) in [4.78, 5) is 24.9. The van der Waals surface area contributed by atoms with Crippen LogP contribution >= 0.6 is 0 Å². The molecule has 24 heavy (non-hydrogen) atoms. The molecule has 1 aromatic carbocycles. The first-order chi connectivity index (χ1) is 11.2. The lowest BCUT2D eigenvalue weighted by atomic mass is 9.66. The van der Waals surface area contributed by atoms with Crippen LogP contribution in [0.3, 0.4) is 0 Å². The summed E-state index contributed by atoms with van der Waals surface area (Å²) < 4.78 is 0. The second-order valence-electron chi connectivity index (χ2n) is 7.64. The molecule has 2 unspecified atom stereocenters. The lowest BCUT2D eigenvalue weighted by molar-refractivity contribution is -0.155. The maximum Gasteiger partial charge on any atom is 0.252 e. The van der Waals surface area contributed by atoms with Gasteiger partial charge in [-0.15, -0.1) is 0 Å². The van der Waals surface area contributed by atoms with Gasteiger partial charge in [0.05, 0.1) is 6.54 Å². The quantitative estimate of drug-likeness (QED) is 0.815. The Morgan fingerprint density at radius 1 is 1.33 bits per heavy atom. The Hall–Kier alpha value is -1.68. The standard InChI is InChI=1S/C20H29NO3/c1-13(2)17-9-8-15(4)11-20(17,24)19(23)21-12-18(22)16-7-5-6-14(3)10-16/h5-7,10,13,15,17,24H,8-9,11-12H2,1-4H3,(H,21,23)/t15?,17?,20-/m1/s1. The summed E-state index contributed by atoms with van der Waals surface area (Å²) in [7, 11) is 0. The molecule has 1 amide bonds. The van der Waals surface area contributed by atoms with Crippen molar-refractivity contribution in [3.8, 4) is 0 Å². The van der Waals surface area contributed by atoms with Gasteiger partial charge in [-0.2, -0.15) is 0 Å². The number of benzene rings is 1. The molecule has 1 aliphatic rings. The number of hydrogen-bond acceptors (Lipinski definition) is 3. The van der Waals surface area contributed by atoms with E-state index >= 15 is 0 Å². The van der Waals surface area contributed by atoms with Gasteiger partial charge in [0.2, 0.25) is 0 Å². The highest BCUT2D eigenvalue weighted by atomic mass is 16.3. The van der Waals surface area contributed by atoms with Crippen molar-refractivity contribution >= 4 is 11.7 Å². The molecule has 0 radical (unpaired) electrons. The van der Waals surface area contributed by atoms with Crippen molar-refractivity contribution in [2.75, 3.05) is 6.54 Å². The Bertz CT molecular complexity index is 611. The zero-order chi connectivity index (χ0) is 17.9. The molecule has 0 spiro atoms. The molecule has 0 aromatic heterocycles. The second kappa shape index (κ2) is 7.47. The molecule has 4 heteroatoms. The molecule has 0 saturated heterocycles. The molecule has 3 atom stereocenters. The number of rotatable bonds is 5. The Morgan fingerprint density at radius 3 is 2.67 bits per heavy atom. The van der Waals surface area contributed by atoms with Crippen molar-refractivity contribution in [1.29, 1.82) is 0 Å². The molecule has 1 aromatic rings. The average Bonchev–Trinajstić information content (AvgIpc) is 2.51. The topological polar surface area (TPSA) is 66.4 Å². The summed E-state index contributed by atoms with van der Waals surface area (Å²) in [5.41, 5.74) is 0.213. The van der Waals surface area contributed by atoms with Crippen molar-refractivity contribution in [3.05, 3.63) is 35.4 Å². The molecule has 1 aliphatic carbocycles. The molecule has 0 bridgehead atoms. The van der Waals surface area contributed by atoms with Crippen molar-refractivity contribution in [3.63, 3.8) is 0 Å². The number of hydrogen-bond donors (Lipinski definition) is 2. The van der Waals surface area contributed by atoms with Crippen LogP contribution < -0.4 is 5.32 Å². The third-order valence-corrected chi connectivity index (χ3v) is 5.19. The van der Waals surface area contributed by atoms with E-state index in [0.717, 1.165) is 18.4 Å². The first kappa shape index (κ1) is 18.7. The Morgan fingerprint density at radius 2 is 2.04 bits per heavy atom. The number of ketones is 1. The summed E-state index contributed by atoms with van der Waals surface area (Å²) in [6.45, 7) is 7.98. The fraction of sp³-hybridized carbons (Fsp3) is 0.600. The lowest BCUT2D eigenvalue weighted by Crippen LogP contribution is -2.56. The Kier molecular flexibility index (Phi) is 5.81. The fourth-order valence-electron chi connectivity index (χ4n) is 3.87. The van der Waals surface area contributed by atoms with E-state index in [1.54, 1.807) is 6.07 Å². The van der Waals surface area contributed by atoms with Crippen LogP contribution in [0.15, 0.2) is 24.3 Å². The average molecular weight is 331 g/mol. The van der Waals surface area contributed by atoms with Gasteiger partial charge in [0, 0.05) is 5.56 Å². The van der Waals surface area contributed by atoms with Crippen molar-refractivity contribution in [1.82, 2.24) is 5.32 Å². The maximum atomic E-state index is 12.7. The van der Waals surface area contributed by atoms with Crippen LogP contribution in [0.4, 0.5) is 0 Å². The van der Waals surface area contributed by atoms with E-state index in [-0.39, 0.29) is 24.2 Å². The van der Waals surface area contributed by atoms with Gasteiger partial charge >= 0.3 is 0 Å². The molecule has 0 heterocycles. The normalized spacial score (nSPS) is 27.1. The highest BCUT2D eigenvalue weighted by Gasteiger charge is 2.48. The zero-order valence-electron chi connectivity index (χ0n) is 15.1. The van der Waals surface area contributed by atoms with Gasteiger partial charge in [0.1, 0.15) is 5.60 Å². The minimum Gasteiger partial charge on any atom is -0.380 e. The van der Waals surface area contributed by atoms with Crippen molar-refractivity contribution in [2.45, 2.75) is 52.6 Å². The maximum absolute atomic E-state index is 12.7. The highest BCUT2D eigenvalue weighted by Crippen LogP contribution is 2.41. The Balaban J connectivity index is 2.05. The van der Waals surface area contributed by atoms with Crippen molar-refractivity contribution in [2.24, 2.45) is 17.8 Å². The minimum absolute atomic E-state index is 0.0669. The van der Waals surface area contributed by atoms with E-state index in [9.17, 15) is 14.7 Å². The van der Waals surface area contributed by atoms with Crippen molar-refractivity contribution < 1.29 is 14.7 Å². The molecule has 1 saturated carbocycles. The van der Waals surface area contributed by atoms with Crippen LogP contribution in [0.5, 0.6) is 0 Å². The van der Waals surface area contributed by atoms with Crippen LogP contribution in [0, 0.1) is 24.7 Å². The lowest BCUT2D eigenvalue weighted by Gasteiger charge is -2.43. The molecular weight excluding hydrogens is 302 g/mol. The van der Waals surface area contributed by atoms with Gasteiger partial charge in [0.15, 0.2) is 5.78 Å². The van der Waals surface area contributed by atoms with E-state index < -0.39 is 11.5 Å². The summed E-state index contributed by atoms with van der Waals surface area (Å²) in [5, 5.41) is 13.7. The van der Waals surface area contributed by atoms with Gasteiger partial charge in [0.25, 0.3) is 5.91 Å². The first-order valence-electron chi connectivity index (χ1n) is 8.84. The monoisotopic (exact) mass is 331 g/mol. The molecule has 1 fully saturated rings. The van der Waals surface area contributed by atoms with E-state index in [2.05, 4.69) is 12.2 Å². The third-order valence-electron chi connectivity index (χ3n) is 5.19. The highest BCUT2D eigenvalue weighted by molar-refractivity contribution is 6.00.